The van der Waals surface area contributed by atoms with Crippen LogP contribution in [-0.4, -0.2) is 65.0 Å². The normalized spacial score (nSPS) is 29.4. The van der Waals surface area contributed by atoms with Gasteiger partial charge in [-0.2, -0.15) is 22.4 Å². The number of ether oxygens (including phenoxy) is 1. The molecule has 1 aromatic heterocycles. The van der Waals surface area contributed by atoms with Crippen LogP contribution in [0.4, 0.5) is 14.6 Å². The van der Waals surface area contributed by atoms with E-state index >= 15 is 0 Å². The van der Waals surface area contributed by atoms with E-state index in [0.29, 0.717) is 0 Å². The van der Waals surface area contributed by atoms with Crippen molar-refractivity contribution in [2.45, 2.75) is 23.9 Å². The number of halogens is 2. The Morgan fingerprint density at radius 3 is 2.28 bits per heavy atom. The zero-order valence-corrected chi connectivity index (χ0v) is 18.1. The third-order valence-corrected chi connectivity index (χ3v) is 7.66. The van der Waals surface area contributed by atoms with E-state index in [0.717, 1.165) is 12.3 Å². The predicted molar refractivity (Wildman–Crippen MR) is 95.6 cm³/mol. The van der Waals surface area contributed by atoms with E-state index in [4.69, 9.17) is 30.9 Å². The Balaban J connectivity index is 2.27. The number of rotatable bonds is 9. The number of aromatic nitrogens is 2. The molecule has 0 aromatic carbocycles. The molecule has 22 heteroatoms. The molecule has 2 unspecified atom stereocenters. The van der Waals surface area contributed by atoms with E-state index in [-0.39, 0.29) is 10.4 Å². The van der Waals surface area contributed by atoms with Gasteiger partial charge in [0.25, 0.3) is 0 Å². The van der Waals surface area contributed by atoms with Gasteiger partial charge in [-0.05, 0) is 6.07 Å². The van der Waals surface area contributed by atoms with Gasteiger partial charge in [0.2, 0.25) is 6.23 Å². The minimum absolute atomic E-state index is 0.252. The minimum atomic E-state index is -5.89. The number of nitrogens with two attached hydrogens (primary N) is 2. The van der Waals surface area contributed by atoms with Gasteiger partial charge in [-0.3, -0.25) is 9.09 Å². The van der Waals surface area contributed by atoms with Crippen LogP contribution in [0.3, 0.4) is 0 Å². The van der Waals surface area contributed by atoms with Crippen molar-refractivity contribution in [1.29, 1.82) is 0 Å². The number of hydrogen-bond donors (Lipinski definition) is 7. The van der Waals surface area contributed by atoms with Crippen LogP contribution in [0, 0.1) is 0 Å². The second-order valence-electron chi connectivity index (χ2n) is 6.22. The monoisotopic (exact) mass is 532 g/mol. The molecule has 0 spiro atoms. The smallest absolute Gasteiger partial charge is 0.383 e. The maximum absolute atomic E-state index is 14.7. The second-order valence-corrected chi connectivity index (χ2v) is 10.6. The minimum Gasteiger partial charge on any atom is -0.383 e. The first kappa shape index (κ1) is 27.1. The molecule has 1 aliphatic heterocycles. The summed E-state index contributed by atoms with van der Waals surface area (Å²) in [5.74, 6) is -4.56. The Kier molecular flexibility index (Phi) is 7.52. The zero-order valence-electron chi connectivity index (χ0n) is 15.4. The molecular weight excluding hydrogens is 515 g/mol. The lowest BCUT2D eigenvalue weighted by Crippen LogP contribution is -2.54. The van der Waals surface area contributed by atoms with Crippen molar-refractivity contribution in [3.63, 3.8) is 0 Å². The summed E-state index contributed by atoms with van der Waals surface area (Å²) in [4.78, 5) is 50.6. The molecule has 0 aliphatic carbocycles. The molecule has 184 valence electrons. The molecule has 9 N–H and O–H groups in total. The lowest BCUT2D eigenvalue weighted by atomic mass is 9.95. The van der Waals surface area contributed by atoms with Crippen LogP contribution in [0.5, 0.6) is 0 Å². The SMILES string of the molecule is NC[C@]1(COP(=O)(O)OP(=O)(O)OP(=O)(O)O)O[C@@H](n2ccc(N)nc2=O)C(F)(F)[C@@H]1O. The Labute approximate surface area is 176 Å². The lowest BCUT2D eigenvalue weighted by molar-refractivity contribution is -0.144. The van der Waals surface area contributed by atoms with Gasteiger partial charge in [0.1, 0.15) is 11.4 Å². The van der Waals surface area contributed by atoms with Crippen molar-refractivity contribution in [2.75, 3.05) is 18.9 Å². The molecule has 1 saturated heterocycles. The van der Waals surface area contributed by atoms with E-state index in [1.54, 1.807) is 0 Å². The molecule has 32 heavy (non-hydrogen) atoms. The molecule has 1 aromatic rings. The molecule has 2 rings (SSSR count). The summed E-state index contributed by atoms with van der Waals surface area (Å²) >= 11 is 0. The summed E-state index contributed by atoms with van der Waals surface area (Å²) in [6.45, 7) is -2.50. The average Bonchev–Trinajstić information content (AvgIpc) is 2.78. The number of nitrogen functional groups attached to an aromatic ring is 1. The molecular formula is C10H17F2N4O13P3. The van der Waals surface area contributed by atoms with Gasteiger partial charge >= 0.3 is 35.1 Å². The zero-order chi connectivity index (χ0) is 24.8. The second kappa shape index (κ2) is 8.88. The summed E-state index contributed by atoms with van der Waals surface area (Å²) in [6.07, 6.45) is -4.63. The van der Waals surface area contributed by atoms with E-state index in [9.17, 15) is 37.3 Å². The van der Waals surface area contributed by atoms with Gasteiger partial charge in [0, 0.05) is 12.7 Å². The summed E-state index contributed by atoms with van der Waals surface area (Å²) in [5.41, 5.74) is 6.64. The molecule has 17 nitrogen and oxygen atoms in total. The number of hydrogen-bond acceptors (Lipinski definition) is 12. The molecule has 1 aliphatic rings. The average molecular weight is 532 g/mol. The van der Waals surface area contributed by atoms with Crippen LogP contribution in [0.25, 0.3) is 0 Å². The van der Waals surface area contributed by atoms with Crippen molar-refractivity contribution >= 4 is 29.3 Å². The maximum atomic E-state index is 14.7. The molecule has 5 atom stereocenters. The van der Waals surface area contributed by atoms with Gasteiger partial charge in [-0.1, -0.05) is 0 Å². The first-order chi connectivity index (χ1) is 14.3. The van der Waals surface area contributed by atoms with Crippen molar-refractivity contribution in [2.24, 2.45) is 5.73 Å². The number of aliphatic hydroxyl groups is 1. The third kappa shape index (κ3) is 6.03. The van der Waals surface area contributed by atoms with Crippen molar-refractivity contribution in [3.05, 3.63) is 22.7 Å². The first-order valence-corrected chi connectivity index (χ1v) is 12.4. The highest BCUT2D eigenvalue weighted by atomic mass is 31.3. The highest BCUT2D eigenvalue weighted by Gasteiger charge is 2.67. The number of phosphoric acid groups is 3. The van der Waals surface area contributed by atoms with Gasteiger partial charge < -0.3 is 40.9 Å². The molecule has 0 bridgehead atoms. The molecule has 2 heterocycles. The fourth-order valence-corrected chi connectivity index (χ4v) is 5.60. The standard InChI is InChI=1S/C10H17F2N4O13P3/c11-10(12)6(17)9(3-13,27-7(10)16-2-1-5(14)15-8(16)18)4-26-31(22,23)29-32(24,25)28-30(19,20)21/h1-2,6-7,17H,3-4,13H2,(H,22,23)(H,24,25)(H2,14,15,18)(H2,19,20,21)/t6-,7-,9-/m1/s1. The summed E-state index contributed by atoms with van der Waals surface area (Å²) < 4.78 is 79.6. The van der Waals surface area contributed by atoms with Crippen molar-refractivity contribution in [1.82, 2.24) is 9.55 Å². The van der Waals surface area contributed by atoms with Gasteiger partial charge in [-0.15, -0.1) is 0 Å². The molecule has 0 saturated carbocycles. The highest BCUT2D eigenvalue weighted by Crippen LogP contribution is 2.66. The third-order valence-electron chi connectivity index (χ3n) is 3.88. The van der Waals surface area contributed by atoms with Gasteiger partial charge in [-0.25, -0.2) is 18.5 Å². The Morgan fingerprint density at radius 1 is 1.19 bits per heavy atom. The summed E-state index contributed by atoms with van der Waals surface area (Å²) in [5, 5.41) is 10.1. The van der Waals surface area contributed by atoms with E-state index < -0.39 is 66.2 Å². The molecule has 0 radical (unpaired) electrons. The number of alkyl halides is 2. The topological polar surface area (TPSA) is 276 Å². The summed E-state index contributed by atoms with van der Waals surface area (Å²) in [6, 6.07) is 0.960. The van der Waals surface area contributed by atoms with E-state index in [1.807, 2.05) is 0 Å². The van der Waals surface area contributed by atoms with Crippen molar-refractivity contribution in [3.8, 4) is 0 Å². The Hall–Kier alpha value is -1.17. The van der Waals surface area contributed by atoms with E-state index in [2.05, 4.69) is 18.1 Å². The van der Waals surface area contributed by atoms with Crippen molar-refractivity contribution < 1.29 is 65.0 Å². The van der Waals surface area contributed by atoms with Gasteiger partial charge in [0.05, 0.1) is 6.61 Å². The predicted octanol–water partition coefficient (Wildman–Crippen LogP) is -1.61. The fourth-order valence-electron chi connectivity index (χ4n) is 2.52. The van der Waals surface area contributed by atoms with Crippen LogP contribution in [0.1, 0.15) is 6.23 Å². The van der Waals surface area contributed by atoms with Crippen LogP contribution < -0.4 is 17.2 Å². The molecule has 0 amide bonds. The fraction of sp³-hybridized carbons (Fsp3) is 0.600. The maximum Gasteiger partial charge on any atom is 0.490 e. The molecule has 1 fully saturated rings. The van der Waals surface area contributed by atoms with Crippen LogP contribution in [-0.2, 0) is 31.6 Å². The van der Waals surface area contributed by atoms with Crippen LogP contribution in [0.2, 0.25) is 0 Å². The number of anilines is 1. The Morgan fingerprint density at radius 2 is 1.78 bits per heavy atom. The van der Waals surface area contributed by atoms with Gasteiger partial charge in [0.15, 0.2) is 6.10 Å². The number of aliphatic hydroxyl groups excluding tert-OH is 1. The largest absolute Gasteiger partial charge is 0.490 e. The van der Waals surface area contributed by atoms with Crippen LogP contribution >= 0.6 is 23.5 Å². The Bertz CT molecular complexity index is 1060. The number of phosphoric ester groups is 1. The van der Waals surface area contributed by atoms with Crippen LogP contribution in [0.15, 0.2) is 17.1 Å². The number of nitrogens with zero attached hydrogens (tertiary/aromatic N) is 2. The lowest BCUT2D eigenvalue weighted by Gasteiger charge is -2.30. The quantitative estimate of drug-likeness (QED) is 0.176. The first-order valence-electron chi connectivity index (χ1n) is 7.91. The summed E-state index contributed by atoms with van der Waals surface area (Å²) in [7, 11) is -17.3. The highest BCUT2D eigenvalue weighted by molar-refractivity contribution is 7.66. The van der Waals surface area contributed by atoms with E-state index in [1.165, 1.54) is 0 Å².